The highest BCUT2D eigenvalue weighted by atomic mass is 15.1. The third-order valence-corrected chi connectivity index (χ3v) is 4.00. The van der Waals surface area contributed by atoms with Crippen LogP contribution in [-0.2, 0) is 6.42 Å². The molecule has 1 unspecified atom stereocenters. The van der Waals surface area contributed by atoms with Gasteiger partial charge in [-0.25, -0.2) is 0 Å². The molecule has 0 bridgehead atoms. The molecule has 2 heteroatoms. The van der Waals surface area contributed by atoms with Crippen molar-refractivity contribution in [2.24, 2.45) is 0 Å². The fraction of sp³-hybridized carbons (Fsp3) is 0.429. The Morgan fingerprint density at radius 2 is 1.43 bits per heavy atom. The first kappa shape index (κ1) is 17.7. The highest BCUT2D eigenvalue weighted by Gasteiger charge is 2.23. The van der Waals surface area contributed by atoms with E-state index in [2.05, 4.69) is 99.0 Å². The number of hydrogen-bond donors (Lipinski definition) is 2. The second kappa shape index (κ2) is 8.28. The van der Waals surface area contributed by atoms with Crippen LogP contribution in [0.4, 0.5) is 0 Å². The molecule has 0 saturated heterocycles. The molecular formula is C21H30N2. The summed E-state index contributed by atoms with van der Waals surface area (Å²) in [7, 11) is 0. The topological polar surface area (TPSA) is 24.1 Å². The minimum absolute atomic E-state index is 0.0273. The Morgan fingerprint density at radius 3 is 2.00 bits per heavy atom. The molecule has 2 rings (SSSR count). The summed E-state index contributed by atoms with van der Waals surface area (Å²) in [5, 5.41) is 7.39. The second-order valence-electron chi connectivity index (χ2n) is 7.22. The molecule has 0 fully saturated rings. The maximum Gasteiger partial charge on any atom is 0.0365 e. The molecule has 1 atom stereocenters. The van der Waals surface area contributed by atoms with Crippen LogP contribution in [0.5, 0.6) is 0 Å². The normalized spacial score (nSPS) is 13.3. The van der Waals surface area contributed by atoms with Gasteiger partial charge in [-0.3, -0.25) is 0 Å². The van der Waals surface area contributed by atoms with E-state index in [1.807, 2.05) is 0 Å². The molecule has 0 aromatic heterocycles. The van der Waals surface area contributed by atoms with Crippen molar-refractivity contribution in [1.82, 2.24) is 10.6 Å². The van der Waals surface area contributed by atoms with Crippen LogP contribution in [-0.4, -0.2) is 18.1 Å². The standard InChI is InChI=1S/C21H30N2/c1-17(2)22-16-21(3,4)23-20(19-13-9-6-10-14-19)15-18-11-7-5-8-12-18/h5-14,17,20,22-23H,15-16H2,1-4H3. The average Bonchev–Trinajstić information content (AvgIpc) is 2.54. The zero-order chi connectivity index (χ0) is 16.7. The third kappa shape index (κ3) is 6.17. The average molecular weight is 310 g/mol. The van der Waals surface area contributed by atoms with Crippen LogP contribution in [0.1, 0.15) is 44.9 Å². The lowest BCUT2D eigenvalue weighted by molar-refractivity contribution is 0.311. The van der Waals surface area contributed by atoms with Crippen molar-refractivity contribution < 1.29 is 0 Å². The Kier molecular flexibility index (Phi) is 6.37. The Bertz CT molecular complexity index is 561. The predicted molar refractivity (Wildman–Crippen MR) is 99.7 cm³/mol. The molecule has 0 saturated carbocycles. The lowest BCUT2D eigenvalue weighted by Gasteiger charge is -2.33. The molecule has 2 aromatic rings. The van der Waals surface area contributed by atoms with E-state index in [0.29, 0.717) is 12.1 Å². The van der Waals surface area contributed by atoms with Crippen molar-refractivity contribution >= 4 is 0 Å². The van der Waals surface area contributed by atoms with E-state index < -0.39 is 0 Å². The molecule has 0 aliphatic rings. The van der Waals surface area contributed by atoms with Gasteiger partial charge in [0.05, 0.1) is 0 Å². The van der Waals surface area contributed by atoms with Crippen molar-refractivity contribution in [3.63, 3.8) is 0 Å². The van der Waals surface area contributed by atoms with Gasteiger partial charge in [0.1, 0.15) is 0 Å². The van der Waals surface area contributed by atoms with E-state index in [4.69, 9.17) is 0 Å². The SMILES string of the molecule is CC(C)NCC(C)(C)NC(Cc1ccccc1)c1ccccc1. The van der Waals surface area contributed by atoms with Gasteiger partial charge >= 0.3 is 0 Å². The second-order valence-corrected chi connectivity index (χ2v) is 7.22. The van der Waals surface area contributed by atoms with Crippen LogP contribution in [0.2, 0.25) is 0 Å². The zero-order valence-corrected chi connectivity index (χ0v) is 14.8. The van der Waals surface area contributed by atoms with E-state index in [-0.39, 0.29) is 5.54 Å². The van der Waals surface area contributed by atoms with Crippen molar-refractivity contribution in [1.29, 1.82) is 0 Å². The maximum absolute atomic E-state index is 3.85. The molecule has 0 radical (unpaired) electrons. The first-order valence-electron chi connectivity index (χ1n) is 8.56. The summed E-state index contributed by atoms with van der Waals surface area (Å²) >= 11 is 0. The monoisotopic (exact) mass is 310 g/mol. The van der Waals surface area contributed by atoms with Crippen LogP contribution in [0.3, 0.4) is 0 Å². The van der Waals surface area contributed by atoms with Crippen molar-refractivity contribution in [2.75, 3.05) is 6.54 Å². The number of nitrogens with one attached hydrogen (secondary N) is 2. The molecule has 0 aliphatic carbocycles. The lowest BCUT2D eigenvalue weighted by atomic mass is 9.95. The largest absolute Gasteiger partial charge is 0.313 e. The first-order chi connectivity index (χ1) is 11.0. The van der Waals surface area contributed by atoms with E-state index in [9.17, 15) is 0 Å². The van der Waals surface area contributed by atoms with Crippen LogP contribution in [0.25, 0.3) is 0 Å². The van der Waals surface area contributed by atoms with Crippen molar-refractivity contribution in [2.45, 2.75) is 51.7 Å². The summed E-state index contributed by atoms with van der Waals surface area (Å²) in [4.78, 5) is 0. The Balaban J connectivity index is 2.13. The van der Waals surface area contributed by atoms with Gasteiger partial charge < -0.3 is 10.6 Å². The van der Waals surface area contributed by atoms with Gasteiger partial charge in [0, 0.05) is 24.2 Å². The summed E-state index contributed by atoms with van der Waals surface area (Å²) in [5.74, 6) is 0. The Hall–Kier alpha value is -1.64. The highest BCUT2D eigenvalue weighted by molar-refractivity contribution is 5.24. The number of rotatable bonds is 8. The first-order valence-corrected chi connectivity index (χ1v) is 8.56. The number of benzene rings is 2. The van der Waals surface area contributed by atoms with Crippen molar-refractivity contribution in [3.8, 4) is 0 Å². The van der Waals surface area contributed by atoms with Crippen LogP contribution in [0, 0.1) is 0 Å². The van der Waals surface area contributed by atoms with E-state index >= 15 is 0 Å². The van der Waals surface area contributed by atoms with Gasteiger partial charge in [-0.1, -0.05) is 74.5 Å². The summed E-state index contributed by atoms with van der Waals surface area (Å²) in [6.07, 6.45) is 0.996. The molecule has 2 N–H and O–H groups in total. The van der Waals surface area contributed by atoms with Gasteiger partial charge in [0.15, 0.2) is 0 Å². The molecule has 2 nitrogen and oxygen atoms in total. The highest BCUT2D eigenvalue weighted by Crippen LogP contribution is 2.21. The number of hydrogen-bond acceptors (Lipinski definition) is 2. The minimum Gasteiger partial charge on any atom is -0.313 e. The summed E-state index contributed by atoms with van der Waals surface area (Å²) in [5.41, 5.74) is 2.73. The maximum atomic E-state index is 3.85. The quantitative estimate of drug-likeness (QED) is 0.758. The van der Waals surface area contributed by atoms with Crippen LogP contribution < -0.4 is 10.6 Å². The summed E-state index contributed by atoms with van der Waals surface area (Å²) in [6, 6.07) is 22.3. The summed E-state index contributed by atoms with van der Waals surface area (Å²) < 4.78 is 0. The van der Waals surface area contributed by atoms with Gasteiger partial charge in [-0.15, -0.1) is 0 Å². The third-order valence-electron chi connectivity index (χ3n) is 4.00. The van der Waals surface area contributed by atoms with Gasteiger partial charge in [-0.2, -0.15) is 0 Å². The molecule has 124 valence electrons. The Labute approximate surface area is 141 Å². The van der Waals surface area contributed by atoms with E-state index in [1.54, 1.807) is 0 Å². The van der Waals surface area contributed by atoms with Crippen LogP contribution >= 0.6 is 0 Å². The summed E-state index contributed by atoms with van der Waals surface area (Å²) in [6.45, 7) is 9.86. The predicted octanol–water partition coefficient (Wildman–Crippen LogP) is 4.34. The molecule has 23 heavy (non-hydrogen) atoms. The van der Waals surface area contributed by atoms with Gasteiger partial charge in [0.2, 0.25) is 0 Å². The van der Waals surface area contributed by atoms with Gasteiger partial charge in [-0.05, 0) is 31.4 Å². The zero-order valence-electron chi connectivity index (χ0n) is 14.8. The molecule has 0 spiro atoms. The van der Waals surface area contributed by atoms with E-state index in [0.717, 1.165) is 13.0 Å². The smallest absolute Gasteiger partial charge is 0.0365 e. The molecule has 0 aliphatic heterocycles. The van der Waals surface area contributed by atoms with Gasteiger partial charge in [0.25, 0.3) is 0 Å². The fourth-order valence-electron chi connectivity index (χ4n) is 2.77. The fourth-order valence-corrected chi connectivity index (χ4v) is 2.77. The van der Waals surface area contributed by atoms with E-state index in [1.165, 1.54) is 11.1 Å². The Morgan fingerprint density at radius 1 is 0.870 bits per heavy atom. The minimum atomic E-state index is 0.0273. The van der Waals surface area contributed by atoms with Crippen molar-refractivity contribution in [3.05, 3.63) is 71.8 Å². The molecule has 2 aromatic carbocycles. The molecule has 0 amide bonds. The molecular weight excluding hydrogens is 280 g/mol. The lowest BCUT2D eigenvalue weighted by Crippen LogP contribution is -2.50. The van der Waals surface area contributed by atoms with Crippen LogP contribution in [0.15, 0.2) is 60.7 Å². The molecule has 0 heterocycles.